The molecule has 0 heterocycles. The Hall–Kier alpha value is -1.29. The van der Waals surface area contributed by atoms with E-state index < -0.39 is 4.92 Å². The van der Waals surface area contributed by atoms with Crippen LogP contribution < -0.4 is 4.74 Å². The molecule has 12 heavy (non-hydrogen) atoms. The number of methoxy groups -OCH3 is 1. The van der Waals surface area contributed by atoms with E-state index in [4.69, 9.17) is 4.74 Å². The Morgan fingerprint density at radius 2 is 2.00 bits per heavy atom. The van der Waals surface area contributed by atoms with Gasteiger partial charge in [0.2, 0.25) is 0 Å². The van der Waals surface area contributed by atoms with Crippen LogP contribution in [0, 0.1) is 10.1 Å². The highest BCUT2D eigenvalue weighted by molar-refractivity contribution is 5.85. The number of nitro groups is 1. The highest BCUT2D eigenvalue weighted by atomic mass is 35.5. The summed E-state index contributed by atoms with van der Waals surface area (Å²) in [4.78, 5) is 9.83. The molecule has 0 aliphatic carbocycles. The van der Waals surface area contributed by atoms with Gasteiger partial charge in [-0.3, -0.25) is 10.1 Å². The van der Waals surface area contributed by atoms with Crippen molar-refractivity contribution >= 4 is 18.1 Å². The van der Waals surface area contributed by atoms with E-state index in [1.807, 2.05) is 0 Å². The zero-order chi connectivity index (χ0) is 8.27. The van der Waals surface area contributed by atoms with Gasteiger partial charge in [0, 0.05) is 6.07 Å². The fraction of sp³-hybridized carbons (Fsp3) is 0.143. The molecule has 0 spiro atoms. The Morgan fingerprint density at radius 3 is 2.42 bits per heavy atom. The monoisotopic (exact) mass is 189 g/mol. The Labute approximate surface area is 75.7 Å². The third kappa shape index (κ3) is 2.10. The Morgan fingerprint density at radius 1 is 1.42 bits per heavy atom. The smallest absolute Gasteiger partial charge is 0.310 e. The number of nitrogens with zero attached hydrogens (tertiary/aromatic N) is 1. The molecule has 0 bridgehead atoms. The third-order valence-corrected chi connectivity index (χ3v) is 1.28. The van der Waals surface area contributed by atoms with E-state index in [1.165, 1.54) is 13.2 Å². The molecule has 1 aromatic rings. The number of nitro benzene ring substituents is 1. The Kier molecular flexibility index (Phi) is 4.07. The number of hydrogen-bond donors (Lipinski definition) is 0. The number of rotatable bonds is 2. The molecule has 1 aromatic carbocycles. The first kappa shape index (κ1) is 10.7. The van der Waals surface area contributed by atoms with E-state index in [2.05, 4.69) is 0 Å². The summed E-state index contributed by atoms with van der Waals surface area (Å²) in [6.07, 6.45) is 0. The van der Waals surface area contributed by atoms with Gasteiger partial charge in [-0.15, -0.1) is 12.4 Å². The van der Waals surface area contributed by atoms with E-state index in [0.29, 0.717) is 0 Å². The van der Waals surface area contributed by atoms with Gasteiger partial charge in [-0.05, 0) is 6.07 Å². The minimum Gasteiger partial charge on any atom is -0.490 e. The summed E-state index contributed by atoms with van der Waals surface area (Å²) in [6, 6.07) is 6.24. The quantitative estimate of drug-likeness (QED) is 0.528. The van der Waals surface area contributed by atoms with Crippen molar-refractivity contribution in [3.63, 3.8) is 0 Å². The van der Waals surface area contributed by atoms with Gasteiger partial charge in [0.15, 0.2) is 5.75 Å². The molecule has 66 valence electrons. The SMILES string of the molecule is COc1ccccc1[N+](=O)[O-].Cl. The molecule has 0 N–H and O–H groups in total. The molecule has 5 heteroatoms. The van der Waals surface area contributed by atoms with Gasteiger partial charge in [0.05, 0.1) is 12.0 Å². The van der Waals surface area contributed by atoms with Crippen molar-refractivity contribution in [2.75, 3.05) is 7.11 Å². The molecule has 1 rings (SSSR count). The number of halogens is 1. The van der Waals surface area contributed by atoms with Gasteiger partial charge >= 0.3 is 5.69 Å². The lowest BCUT2D eigenvalue weighted by Gasteiger charge is -1.98. The lowest BCUT2D eigenvalue weighted by Crippen LogP contribution is -1.92. The molecular formula is C7H8ClNO3. The molecule has 0 amide bonds. The van der Waals surface area contributed by atoms with Crippen molar-refractivity contribution in [3.8, 4) is 5.75 Å². The summed E-state index contributed by atoms with van der Waals surface area (Å²) < 4.78 is 4.76. The fourth-order valence-electron chi connectivity index (χ4n) is 0.781. The van der Waals surface area contributed by atoms with Crippen molar-refractivity contribution in [1.82, 2.24) is 0 Å². The van der Waals surface area contributed by atoms with Crippen LogP contribution in [0.3, 0.4) is 0 Å². The first-order valence-electron chi connectivity index (χ1n) is 3.03. The minimum absolute atomic E-state index is 0. The molecule has 0 aromatic heterocycles. The third-order valence-electron chi connectivity index (χ3n) is 1.28. The normalized spacial score (nSPS) is 8.42. The Bertz CT molecular complexity index is 277. The summed E-state index contributed by atoms with van der Waals surface area (Å²) in [5, 5.41) is 10.3. The standard InChI is InChI=1S/C7H7NO3.ClH/c1-11-7-5-3-2-4-6(7)8(9)10;/h2-5H,1H3;1H. The molecular weight excluding hydrogens is 182 g/mol. The minimum atomic E-state index is -0.473. The maximum Gasteiger partial charge on any atom is 0.310 e. The van der Waals surface area contributed by atoms with Crippen LogP contribution in [0.4, 0.5) is 5.69 Å². The van der Waals surface area contributed by atoms with Crippen molar-refractivity contribution < 1.29 is 9.66 Å². The second-order valence-corrected chi connectivity index (χ2v) is 1.93. The average molecular weight is 190 g/mol. The predicted molar refractivity (Wildman–Crippen MR) is 46.9 cm³/mol. The van der Waals surface area contributed by atoms with Crippen molar-refractivity contribution in [2.45, 2.75) is 0 Å². The summed E-state index contributed by atoms with van der Waals surface area (Å²) in [5.41, 5.74) is -0.00463. The largest absolute Gasteiger partial charge is 0.490 e. The van der Waals surface area contributed by atoms with E-state index in [0.717, 1.165) is 0 Å². The molecule has 0 aliphatic heterocycles. The van der Waals surface area contributed by atoms with Gasteiger partial charge in [0.1, 0.15) is 0 Å². The van der Waals surface area contributed by atoms with E-state index >= 15 is 0 Å². The number of hydrogen-bond acceptors (Lipinski definition) is 3. The number of benzene rings is 1. The van der Waals surface area contributed by atoms with Gasteiger partial charge in [-0.2, -0.15) is 0 Å². The first-order valence-corrected chi connectivity index (χ1v) is 3.03. The van der Waals surface area contributed by atoms with Crippen LogP contribution in [0.1, 0.15) is 0 Å². The van der Waals surface area contributed by atoms with Crippen LogP contribution in [0.25, 0.3) is 0 Å². The lowest BCUT2D eigenvalue weighted by atomic mass is 10.3. The molecule has 0 saturated heterocycles. The van der Waals surface area contributed by atoms with E-state index in [1.54, 1.807) is 18.2 Å². The summed E-state index contributed by atoms with van der Waals surface area (Å²) in [7, 11) is 1.41. The van der Waals surface area contributed by atoms with Crippen LogP contribution in [0.15, 0.2) is 24.3 Å². The zero-order valence-corrected chi connectivity index (χ0v) is 7.21. The second-order valence-electron chi connectivity index (χ2n) is 1.93. The van der Waals surface area contributed by atoms with Crippen molar-refractivity contribution in [1.29, 1.82) is 0 Å². The van der Waals surface area contributed by atoms with E-state index in [9.17, 15) is 10.1 Å². The topological polar surface area (TPSA) is 52.4 Å². The fourth-order valence-corrected chi connectivity index (χ4v) is 0.781. The molecule has 0 saturated carbocycles. The summed E-state index contributed by atoms with van der Waals surface area (Å²) >= 11 is 0. The van der Waals surface area contributed by atoms with Gasteiger partial charge in [-0.1, -0.05) is 12.1 Å². The van der Waals surface area contributed by atoms with Crippen LogP contribution in [-0.4, -0.2) is 12.0 Å². The Balaban J connectivity index is 0.00000121. The molecule has 0 atom stereocenters. The molecule has 4 nitrogen and oxygen atoms in total. The predicted octanol–water partition coefficient (Wildman–Crippen LogP) is 2.03. The maximum absolute atomic E-state index is 10.3. The first-order chi connectivity index (χ1) is 5.25. The highest BCUT2D eigenvalue weighted by Gasteiger charge is 2.11. The lowest BCUT2D eigenvalue weighted by molar-refractivity contribution is -0.385. The number of para-hydroxylation sites is 2. The maximum atomic E-state index is 10.3. The van der Waals surface area contributed by atoms with Crippen molar-refractivity contribution in [2.24, 2.45) is 0 Å². The zero-order valence-electron chi connectivity index (χ0n) is 6.39. The van der Waals surface area contributed by atoms with Gasteiger partial charge < -0.3 is 4.74 Å². The molecule has 0 fully saturated rings. The van der Waals surface area contributed by atoms with Crippen LogP contribution in [-0.2, 0) is 0 Å². The molecule has 0 aliphatic rings. The van der Waals surface area contributed by atoms with Crippen molar-refractivity contribution in [3.05, 3.63) is 34.4 Å². The summed E-state index contributed by atoms with van der Waals surface area (Å²) in [5.74, 6) is 0.289. The summed E-state index contributed by atoms with van der Waals surface area (Å²) in [6.45, 7) is 0. The molecule has 0 radical (unpaired) electrons. The second kappa shape index (κ2) is 4.56. The van der Waals surface area contributed by atoms with Gasteiger partial charge in [0.25, 0.3) is 0 Å². The van der Waals surface area contributed by atoms with Crippen LogP contribution >= 0.6 is 12.4 Å². The van der Waals surface area contributed by atoms with E-state index in [-0.39, 0.29) is 23.8 Å². The number of ether oxygens (including phenoxy) is 1. The van der Waals surface area contributed by atoms with Gasteiger partial charge in [-0.25, -0.2) is 0 Å². The van der Waals surface area contributed by atoms with Crippen LogP contribution in [0.5, 0.6) is 5.75 Å². The van der Waals surface area contributed by atoms with Crippen LogP contribution in [0.2, 0.25) is 0 Å². The average Bonchev–Trinajstić information content (AvgIpc) is 2.04. The molecule has 0 unspecified atom stereocenters. The highest BCUT2D eigenvalue weighted by Crippen LogP contribution is 2.24.